The van der Waals surface area contributed by atoms with Crippen LogP contribution in [0, 0.1) is 0 Å². The van der Waals surface area contributed by atoms with Gasteiger partial charge in [0.05, 0.1) is 0 Å². The number of unbranched alkanes of at least 4 members (excludes halogenated alkanes) is 3. The molecule has 0 fully saturated rings. The Morgan fingerprint density at radius 1 is 0.889 bits per heavy atom. The van der Waals surface area contributed by atoms with Gasteiger partial charge in [-0.3, -0.25) is 0 Å². The molecule has 0 saturated carbocycles. The van der Waals surface area contributed by atoms with Crippen molar-refractivity contribution in [3.8, 4) is 0 Å². The molecule has 0 unspecified atom stereocenters. The Balaban J connectivity index is 2.08. The number of thioether (sulfide) groups is 1. The molecular weight excluding hydrogens is 236 g/mol. The number of fused-ring (bicyclic) bond motifs is 1. The predicted octanol–water partition coefficient (Wildman–Crippen LogP) is 5.68. The third kappa shape index (κ3) is 3.52. The lowest BCUT2D eigenvalue weighted by Gasteiger charge is -2.05. The lowest BCUT2D eigenvalue weighted by molar-refractivity contribution is 0.667. The largest absolute Gasteiger partial charge is 0.130 e. The fraction of sp³-hybridized carbons (Fsp3) is 0.412. The topological polar surface area (TPSA) is 0 Å². The van der Waals surface area contributed by atoms with E-state index in [1.165, 1.54) is 53.3 Å². The third-order valence-corrected chi connectivity index (χ3v) is 4.16. The van der Waals surface area contributed by atoms with Crippen LogP contribution in [-0.4, -0.2) is 6.26 Å². The van der Waals surface area contributed by atoms with Gasteiger partial charge in [-0.1, -0.05) is 50.5 Å². The Morgan fingerprint density at radius 3 is 2.44 bits per heavy atom. The summed E-state index contributed by atoms with van der Waals surface area (Å²) in [7, 11) is 0. The van der Waals surface area contributed by atoms with Gasteiger partial charge in [0, 0.05) is 4.90 Å². The minimum Gasteiger partial charge on any atom is -0.130 e. The Labute approximate surface area is 115 Å². The van der Waals surface area contributed by atoms with Gasteiger partial charge in [-0.2, -0.15) is 0 Å². The van der Waals surface area contributed by atoms with E-state index in [0.717, 1.165) is 0 Å². The molecule has 2 aromatic carbocycles. The van der Waals surface area contributed by atoms with Crippen LogP contribution in [0.25, 0.3) is 10.8 Å². The van der Waals surface area contributed by atoms with Crippen LogP contribution in [0.15, 0.2) is 41.3 Å². The van der Waals surface area contributed by atoms with Gasteiger partial charge in [0.2, 0.25) is 0 Å². The molecule has 0 spiro atoms. The van der Waals surface area contributed by atoms with Gasteiger partial charge in [-0.25, -0.2) is 0 Å². The molecular formula is C17H22S. The highest BCUT2D eigenvalue weighted by Gasteiger charge is 1.98. The monoisotopic (exact) mass is 258 g/mol. The molecule has 0 aliphatic heterocycles. The zero-order valence-corrected chi connectivity index (χ0v) is 12.2. The van der Waals surface area contributed by atoms with Gasteiger partial charge >= 0.3 is 0 Å². The molecule has 0 N–H and O–H groups in total. The second kappa shape index (κ2) is 6.84. The molecule has 0 atom stereocenters. The van der Waals surface area contributed by atoms with E-state index in [0.29, 0.717) is 0 Å². The Morgan fingerprint density at radius 2 is 1.67 bits per heavy atom. The van der Waals surface area contributed by atoms with E-state index < -0.39 is 0 Å². The molecule has 1 heteroatoms. The second-order valence-electron chi connectivity index (χ2n) is 4.86. The van der Waals surface area contributed by atoms with Crippen molar-refractivity contribution in [3.63, 3.8) is 0 Å². The molecule has 0 radical (unpaired) electrons. The van der Waals surface area contributed by atoms with E-state index in [1.807, 2.05) is 11.8 Å². The molecule has 0 aliphatic rings. The van der Waals surface area contributed by atoms with Crippen LogP contribution in [0.2, 0.25) is 0 Å². The maximum atomic E-state index is 2.35. The summed E-state index contributed by atoms with van der Waals surface area (Å²) in [6.45, 7) is 2.26. The molecule has 0 bridgehead atoms. The summed E-state index contributed by atoms with van der Waals surface area (Å²) in [6, 6.07) is 13.7. The Hall–Kier alpha value is -0.950. The highest BCUT2D eigenvalue weighted by Crippen LogP contribution is 2.23. The van der Waals surface area contributed by atoms with Crippen LogP contribution in [0.5, 0.6) is 0 Å². The molecule has 0 amide bonds. The summed E-state index contributed by atoms with van der Waals surface area (Å²) in [6.07, 6.45) is 8.71. The summed E-state index contributed by atoms with van der Waals surface area (Å²) < 4.78 is 0. The number of rotatable bonds is 6. The van der Waals surface area contributed by atoms with Gasteiger partial charge in [-0.15, -0.1) is 11.8 Å². The van der Waals surface area contributed by atoms with E-state index in [4.69, 9.17) is 0 Å². The molecule has 96 valence electrons. The fourth-order valence-corrected chi connectivity index (χ4v) is 2.76. The first-order chi connectivity index (χ1) is 8.83. The molecule has 0 saturated heterocycles. The zero-order chi connectivity index (χ0) is 12.8. The average molecular weight is 258 g/mol. The van der Waals surface area contributed by atoms with Crippen molar-refractivity contribution in [2.24, 2.45) is 0 Å². The van der Waals surface area contributed by atoms with Crippen LogP contribution in [0.3, 0.4) is 0 Å². The third-order valence-electron chi connectivity index (χ3n) is 3.43. The van der Waals surface area contributed by atoms with Crippen molar-refractivity contribution in [1.29, 1.82) is 0 Å². The van der Waals surface area contributed by atoms with Crippen LogP contribution < -0.4 is 0 Å². The maximum Gasteiger partial charge on any atom is 0.00755 e. The van der Waals surface area contributed by atoms with Crippen molar-refractivity contribution in [1.82, 2.24) is 0 Å². The molecule has 2 aromatic rings. The van der Waals surface area contributed by atoms with Gasteiger partial charge < -0.3 is 0 Å². The predicted molar refractivity (Wildman–Crippen MR) is 83.6 cm³/mol. The summed E-state index contributed by atoms with van der Waals surface area (Å²) in [4.78, 5) is 1.35. The van der Waals surface area contributed by atoms with Crippen molar-refractivity contribution in [2.45, 2.75) is 43.9 Å². The van der Waals surface area contributed by atoms with Crippen LogP contribution in [0.1, 0.15) is 38.2 Å². The van der Waals surface area contributed by atoms with E-state index in [-0.39, 0.29) is 0 Å². The number of hydrogen-bond donors (Lipinski definition) is 0. The molecule has 0 heterocycles. The molecule has 0 aliphatic carbocycles. The first-order valence-electron chi connectivity index (χ1n) is 6.90. The van der Waals surface area contributed by atoms with E-state index >= 15 is 0 Å². The van der Waals surface area contributed by atoms with Crippen molar-refractivity contribution < 1.29 is 0 Å². The highest BCUT2D eigenvalue weighted by atomic mass is 32.2. The van der Waals surface area contributed by atoms with Crippen LogP contribution in [-0.2, 0) is 6.42 Å². The van der Waals surface area contributed by atoms with Crippen molar-refractivity contribution >= 4 is 22.5 Å². The number of aryl methyl sites for hydroxylation is 1. The quantitative estimate of drug-likeness (QED) is 0.474. The molecule has 18 heavy (non-hydrogen) atoms. The number of hydrogen-bond acceptors (Lipinski definition) is 1. The average Bonchev–Trinajstić information content (AvgIpc) is 2.43. The van der Waals surface area contributed by atoms with Gasteiger partial charge in [0.15, 0.2) is 0 Å². The first kappa shape index (κ1) is 13.5. The van der Waals surface area contributed by atoms with E-state index in [1.54, 1.807) is 0 Å². The van der Waals surface area contributed by atoms with Gasteiger partial charge in [-0.05, 0) is 47.6 Å². The summed E-state index contributed by atoms with van der Waals surface area (Å²) in [5.74, 6) is 0. The molecule has 0 nitrogen and oxygen atoms in total. The molecule has 0 aromatic heterocycles. The van der Waals surface area contributed by atoms with Gasteiger partial charge in [0.25, 0.3) is 0 Å². The lowest BCUT2D eigenvalue weighted by atomic mass is 10.0. The minimum absolute atomic E-state index is 1.22. The van der Waals surface area contributed by atoms with Crippen LogP contribution in [0.4, 0.5) is 0 Å². The molecule has 2 rings (SSSR count). The minimum atomic E-state index is 1.22. The summed E-state index contributed by atoms with van der Waals surface area (Å²) in [5, 5.41) is 2.74. The summed E-state index contributed by atoms with van der Waals surface area (Å²) >= 11 is 1.81. The van der Waals surface area contributed by atoms with Crippen molar-refractivity contribution in [2.75, 3.05) is 6.26 Å². The SMILES string of the molecule is CCCCCCc1ccc2cc(SC)ccc2c1. The number of benzene rings is 2. The van der Waals surface area contributed by atoms with Gasteiger partial charge in [0.1, 0.15) is 0 Å². The fourth-order valence-electron chi connectivity index (χ4n) is 2.31. The zero-order valence-electron chi connectivity index (χ0n) is 11.4. The highest BCUT2D eigenvalue weighted by molar-refractivity contribution is 7.98. The lowest BCUT2D eigenvalue weighted by Crippen LogP contribution is -1.86. The van der Waals surface area contributed by atoms with E-state index in [2.05, 4.69) is 49.6 Å². The maximum absolute atomic E-state index is 2.35. The first-order valence-corrected chi connectivity index (χ1v) is 8.12. The Bertz CT molecular complexity index is 502. The smallest absolute Gasteiger partial charge is 0.00755 e. The second-order valence-corrected chi connectivity index (χ2v) is 5.74. The summed E-state index contributed by atoms with van der Waals surface area (Å²) in [5.41, 5.74) is 1.48. The Kier molecular flexibility index (Phi) is 5.12. The van der Waals surface area contributed by atoms with E-state index in [9.17, 15) is 0 Å². The van der Waals surface area contributed by atoms with Crippen molar-refractivity contribution in [3.05, 3.63) is 42.0 Å². The van der Waals surface area contributed by atoms with Crippen LogP contribution >= 0.6 is 11.8 Å². The standard InChI is InChI=1S/C17H22S/c1-3-4-5-6-7-14-8-9-16-13-17(18-2)11-10-15(16)12-14/h8-13H,3-7H2,1-2H3. The normalized spacial score (nSPS) is 11.0.